The predicted molar refractivity (Wildman–Crippen MR) is 93.5 cm³/mol. The van der Waals surface area contributed by atoms with Crippen LogP contribution in [0.3, 0.4) is 0 Å². The van der Waals surface area contributed by atoms with Crippen LogP contribution in [0.5, 0.6) is 0 Å². The zero-order valence-electron chi connectivity index (χ0n) is 12.7. The van der Waals surface area contributed by atoms with Crippen molar-refractivity contribution in [1.82, 2.24) is 0 Å². The molecule has 0 bridgehead atoms. The summed E-state index contributed by atoms with van der Waals surface area (Å²) in [5.74, 6) is 0. The molecule has 0 aromatic heterocycles. The molecule has 0 aliphatic carbocycles. The van der Waals surface area contributed by atoms with E-state index in [1.807, 2.05) is 0 Å². The fourth-order valence-electron chi connectivity index (χ4n) is 3.76. The molecule has 0 saturated carbocycles. The Morgan fingerprint density at radius 2 is 1.38 bits per heavy atom. The largest absolute Gasteiger partial charge is 0.0654 e. The summed E-state index contributed by atoms with van der Waals surface area (Å²) in [7, 11) is 0. The lowest BCUT2D eigenvalue weighted by Gasteiger charge is -2.17. The zero-order valence-corrected chi connectivity index (χ0v) is 12.7. The summed E-state index contributed by atoms with van der Waals surface area (Å²) in [6.07, 6.45) is 3.70. The van der Waals surface area contributed by atoms with Crippen LogP contribution in [-0.4, -0.2) is 0 Å². The molecule has 0 saturated heterocycles. The first-order chi connectivity index (χ1) is 10.3. The molecule has 0 heteroatoms. The number of hydrogen-bond donors (Lipinski definition) is 0. The van der Waals surface area contributed by atoms with E-state index in [2.05, 4.69) is 62.4 Å². The number of unbranched alkanes of at least 4 members (excludes halogenated alkanes) is 1. The van der Waals surface area contributed by atoms with Gasteiger partial charge in [0.1, 0.15) is 0 Å². The average molecular weight is 272 g/mol. The monoisotopic (exact) mass is 272 g/mol. The Morgan fingerprint density at radius 3 is 2.05 bits per heavy atom. The van der Waals surface area contributed by atoms with Crippen molar-refractivity contribution in [3.05, 3.63) is 59.7 Å². The van der Waals surface area contributed by atoms with Gasteiger partial charge in [0, 0.05) is 0 Å². The lowest BCUT2D eigenvalue weighted by atomic mass is 9.86. The first-order valence-corrected chi connectivity index (χ1v) is 7.96. The van der Waals surface area contributed by atoms with E-state index < -0.39 is 0 Å². The van der Waals surface area contributed by atoms with Gasteiger partial charge in [-0.3, -0.25) is 0 Å². The predicted octanol–water partition coefficient (Wildman–Crippen LogP) is 6.24. The van der Waals surface area contributed by atoms with Crippen molar-refractivity contribution in [1.29, 1.82) is 0 Å². The van der Waals surface area contributed by atoms with Gasteiger partial charge in [0.05, 0.1) is 0 Å². The van der Waals surface area contributed by atoms with Crippen LogP contribution in [0.2, 0.25) is 0 Å². The van der Waals surface area contributed by atoms with Crippen LogP contribution in [0.1, 0.15) is 30.9 Å². The molecule has 104 valence electrons. The molecule has 0 radical (unpaired) electrons. The SMILES string of the molecule is CCCCc1c(C)c2cccc3ccc4cccc1c4c32. The van der Waals surface area contributed by atoms with Gasteiger partial charge in [-0.15, -0.1) is 0 Å². The van der Waals surface area contributed by atoms with E-state index in [0.29, 0.717) is 0 Å². The van der Waals surface area contributed by atoms with E-state index in [9.17, 15) is 0 Å². The highest BCUT2D eigenvalue weighted by Crippen LogP contribution is 2.39. The van der Waals surface area contributed by atoms with E-state index in [4.69, 9.17) is 0 Å². The Bertz CT molecular complexity index is 931. The fourth-order valence-corrected chi connectivity index (χ4v) is 3.76. The van der Waals surface area contributed by atoms with Crippen molar-refractivity contribution in [2.24, 2.45) is 0 Å². The van der Waals surface area contributed by atoms with Gasteiger partial charge in [-0.2, -0.15) is 0 Å². The molecule has 0 amide bonds. The van der Waals surface area contributed by atoms with Crippen molar-refractivity contribution >= 4 is 32.3 Å². The maximum Gasteiger partial charge on any atom is -0.00238 e. The molecular formula is C21H20. The molecule has 21 heavy (non-hydrogen) atoms. The Kier molecular flexibility index (Phi) is 2.85. The van der Waals surface area contributed by atoms with Crippen LogP contribution in [0, 0.1) is 6.92 Å². The van der Waals surface area contributed by atoms with Crippen molar-refractivity contribution in [2.75, 3.05) is 0 Å². The van der Waals surface area contributed by atoms with Gasteiger partial charge >= 0.3 is 0 Å². The third kappa shape index (κ3) is 1.75. The third-order valence-electron chi connectivity index (χ3n) is 4.85. The van der Waals surface area contributed by atoms with Gasteiger partial charge in [0.25, 0.3) is 0 Å². The maximum atomic E-state index is 2.31. The van der Waals surface area contributed by atoms with Crippen molar-refractivity contribution < 1.29 is 0 Å². The van der Waals surface area contributed by atoms with E-state index in [1.54, 1.807) is 5.56 Å². The van der Waals surface area contributed by atoms with Gasteiger partial charge in [-0.1, -0.05) is 61.9 Å². The van der Waals surface area contributed by atoms with Crippen molar-refractivity contribution in [3.8, 4) is 0 Å². The summed E-state index contributed by atoms with van der Waals surface area (Å²) in [5.41, 5.74) is 3.02. The second kappa shape index (κ2) is 4.73. The molecule has 4 aromatic rings. The summed E-state index contributed by atoms with van der Waals surface area (Å²) in [4.78, 5) is 0. The first-order valence-electron chi connectivity index (χ1n) is 7.96. The lowest BCUT2D eigenvalue weighted by Crippen LogP contribution is -1.96. The number of aryl methyl sites for hydroxylation is 2. The van der Waals surface area contributed by atoms with E-state index in [-0.39, 0.29) is 0 Å². The minimum Gasteiger partial charge on any atom is -0.0654 e. The summed E-state index contributed by atoms with van der Waals surface area (Å²) >= 11 is 0. The molecule has 0 nitrogen and oxygen atoms in total. The molecule has 4 aromatic carbocycles. The quantitative estimate of drug-likeness (QED) is 0.387. The minimum absolute atomic E-state index is 1.19. The van der Waals surface area contributed by atoms with Gasteiger partial charge in [0.15, 0.2) is 0 Å². The molecule has 0 unspecified atom stereocenters. The highest BCUT2D eigenvalue weighted by Gasteiger charge is 2.14. The summed E-state index contributed by atoms with van der Waals surface area (Å²) in [6, 6.07) is 18.0. The highest BCUT2D eigenvalue weighted by atomic mass is 14.2. The van der Waals surface area contributed by atoms with E-state index >= 15 is 0 Å². The summed E-state index contributed by atoms with van der Waals surface area (Å²) < 4.78 is 0. The Morgan fingerprint density at radius 1 is 0.762 bits per heavy atom. The van der Waals surface area contributed by atoms with Crippen molar-refractivity contribution in [2.45, 2.75) is 33.1 Å². The van der Waals surface area contributed by atoms with Gasteiger partial charge in [-0.05, 0) is 63.2 Å². The van der Waals surface area contributed by atoms with Crippen LogP contribution in [0.4, 0.5) is 0 Å². The molecule has 4 rings (SSSR count). The average Bonchev–Trinajstić information content (AvgIpc) is 2.53. The van der Waals surface area contributed by atoms with E-state index in [1.165, 1.54) is 57.1 Å². The standard InChI is InChI=1S/C21H20/c1-3-4-9-17-14(2)18-10-5-7-15-12-13-16-8-6-11-19(17)21(16)20(15)18/h5-8,10-13H,3-4,9H2,1-2H3. The molecule has 0 N–H and O–H groups in total. The zero-order chi connectivity index (χ0) is 14.4. The van der Waals surface area contributed by atoms with Crippen LogP contribution < -0.4 is 0 Å². The Labute approximate surface area is 125 Å². The van der Waals surface area contributed by atoms with Gasteiger partial charge in [0.2, 0.25) is 0 Å². The van der Waals surface area contributed by atoms with Crippen LogP contribution in [-0.2, 0) is 6.42 Å². The summed E-state index contributed by atoms with van der Waals surface area (Å²) in [5, 5.41) is 8.53. The van der Waals surface area contributed by atoms with E-state index in [0.717, 1.165) is 0 Å². The first kappa shape index (κ1) is 12.6. The highest BCUT2D eigenvalue weighted by molar-refractivity contribution is 6.24. The van der Waals surface area contributed by atoms with Gasteiger partial charge in [-0.25, -0.2) is 0 Å². The molecule has 0 aliphatic rings. The second-order valence-corrected chi connectivity index (χ2v) is 6.08. The number of benzene rings is 4. The Hall–Kier alpha value is -2.08. The number of rotatable bonds is 3. The second-order valence-electron chi connectivity index (χ2n) is 6.08. The number of hydrogen-bond acceptors (Lipinski definition) is 0. The fraction of sp³-hybridized carbons (Fsp3) is 0.238. The lowest BCUT2D eigenvalue weighted by molar-refractivity contribution is 0.796. The molecule has 0 atom stereocenters. The van der Waals surface area contributed by atoms with Crippen LogP contribution >= 0.6 is 0 Å². The summed E-state index contributed by atoms with van der Waals surface area (Å²) in [6.45, 7) is 4.57. The third-order valence-corrected chi connectivity index (χ3v) is 4.85. The van der Waals surface area contributed by atoms with Crippen LogP contribution in [0.25, 0.3) is 32.3 Å². The normalized spacial score (nSPS) is 11.9. The molecule has 0 fully saturated rings. The van der Waals surface area contributed by atoms with Crippen LogP contribution in [0.15, 0.2) is 48.5 Å². The molecule has 0 spiro atoms. The van der Waals surface area contributed by atoms with Gasteiger partial charge < -0.3 is 0 Å². The maximum absolute atomic E-state index is 2.31. The Balaban J connectivity index is 2.24. The molecule has 0 aliphatic heterocycles. The van der Waals surface area contributed by atoms with Crippen molar-refractivity contribution in [3.63, 3.8) is 0 Å². The molecule has 0 heterocycles. The molecular weight excluding hydrogens is 252 g/mol. The minimum atomic E-state index is 1.19. The topological polar surface area (TPSA) is 0 Å². The smallest absolute Gasteiger partial charge is 0.00238 e.